The van der Waals surface area contributed by atoms with Gasteiger partial charge in [0.05, 0.1) is 0 Å². The number of carbonyl (C=O) groups excluding carboxylic acids is 3. The van der Waals surface area contributed by atoms with Gasteiger partial charge in [-0.25, -0.2) is 0 Å². The third-order valence-electron chi connectivity index (χ3n) is 5.84. The van der Waals surface area contributed by atoms with Crippen molar-refractivity contribution in [2.24, 2.45) is 0 Å². The standard InChI is InChI=1S/C24H23Cl2N3O3/c1-14-10-11-16(25)13-19(14)28-22(30)15-6-5-7-17(12-15)27-21-20(26)23(31)29(24(21)32)18-8-3-2-4-9-18/h5-7,10-13,18,27H,2-4,8-9H2,1H3,(H,28,30). The second-order valence-electron chi connectivity index (χ2n) is 8.08. The molecule has 0 atom stereocenters. The molecule has 2 aromatic carbocycles. The molecule has 2 aromatic rings. The van der Waals surface area contributed by atoms with Crippen LogP contribution in [0.1, 0.15) is 48.0 Å². The summed E-state index contributed by atoms with van der Waals surface area (Å²) in [5, 5.41) is 6.20. The number of imide groups is 1. The van der Waals surface area contributed by atoms with E-state index in [2.05, 4.69) is 10.6 Å². The van der Waals surface area contributed by atoms with Crippen molar-refractivity contribution >= 4 is 52.3 Å². The molecule has 166 valence electrons. The second-order valence-corrected chi connectivity index (χ2v) is 8.89. The predicted molar refractivity (Wildman–Crippen MR) is 126 cm³/mol. The molecule has 6 nitrogen and oxygen atoms in total. The molecular formula is C24H23Cl2N3O3. The van der Waals surface area contributed by atoms with Gasteiger partial charge in [0.1, 0.15) is 10.7 Å². The Bertz CT molecular complexity index is 1120. The van der Waals surface area contributed by atoms with Gasteiger partial charge in [-0.05, 0) is 55.7 Å². The summed E-state index contributed by atoms with van der Waals surface area (Å²) in [5.41, 5.74) is 2.41. The summed E-state index contributed by atoms with van der Waals surface area (Å²) in [5.74, 6) is -1.20. The quantitative estimate of drug-likeness (QED) is 0.567. The number of carbonyl (C=O) groups is 3. The van der Waals surface area contributed by atoms with Crippen LogP contribution in [0.5, 0.6) is 0 Å². The molecule has 1 heterocycles. The zero-order valence-corrected chi connectivity index (χ0v) is 19.1. The minimum Gasteiger partial charge on any atom is -0.350 e. The Hall–Kier alpha value is -2.83. The number of amides is 3. The number of hydrogen-bond acceptors (Lipinski definition) is 4. The second kappa shape index (κ2) is 9.35. The van der Waals surface area contributed by atoms with Crippen LogP contribution in [-0.2, 0) is 9.59 Å². The topological polar surface area (TPSA) is 78.5 Å². The molecule has 2 aliphatic rings. The van der Waals surface area contributed by atoms with Gasteiger partial charge in [0, 0.05) is 28.0 Å². The molecule has 1 aliphatic heterocycles. The number of benzene rings is 2. The van der Waals surface area contributed by atoms with Crippen molar-refractivity contribution in [2.45, 2.75) is 45.1 Å². The fraction of sp³-hybridized carbons (Fsp3) is 0.292. The average molecular weight is 472 g/mol. The van der Waals surface area contributed by atoms with Gasteiger partial charge in [0.15, 0.2) is 0 Å². The lowest BCUT2D eigenvalue weighted by Crippen LogP contribution is -2.42. The molecule has 0 spiro atoms. The van der Waals surface area contributed by atoms with Crippen LogP contribution in [0.15, 0.2) is 53.2 Å². The fourth-order valence-electron chi connectivity index (χ4n) is 4.10. The van der Waals surface area contributed by atoms with Crippen LogP contribution in [0.2, 0.25) is 5.02 Å². The van der Waals surface area contributed by atoms with Crippen molar-refractivity contribution in [1.82, 2.24) is 4.90 Å². The maximum atomic E-state index is 13.0. The highest BCUT2D eigenvalue weighted by molar-refractivity contribution is 6.48. The molecule has 0 unspecified atom stereocenters. The van der Waals surface area contributed by atoms with Crippen LogP contribution in [0.3, 0.4) is 0 Å². The van der Waals surface area contributed by atoms with Gasteiger partial charge in [-0.3, -0.25) is 19.3 Å². The van der Waals surface area contributed by atoms with Crippen LogP contribution >= 0.6 is 23.2 Å². The molecule has 3 amide bonds. The summed E-state index contributed by atoms with van der Waals surface area (Å²) in [6.07, 6.45) is 4.69. The smallest absolute Gasteiger partial charge is 0.279 e. The van der Waals surface area contributed by atoms with Gasteiger partial charge < -0.3 is 10.6 Å². The minimum atomic E-state index is -0.462. The highest BCUT2D eigenvalue weighted by atomic mass is 35.5. The Morgan fingerprint density at radius 3 is 2.50 bits per heavy atom. The molecule has 0 saturated heterocycles. The van der Waals surface area contributed by atoms with Crippen LogP contribution in [-0.4, -0.2) is 28.7 Å². The van der Waals surface area contributed by atoms with Gasteiger partial charge in [0.2, 0.25) is 0 Å². The molecule has 1 aliphatic carbocycles. The van der Waals surface area contributed by atoms with E-state index in [-0.39, 0.29) is 22.7 Å². The number of hydrogen-bond donors (Lipinski definition) is 2. The van der Waals surface area contributed by atoms with E-state index in [4.69, 9.17) is 23.2 Å². The number of halogens is 2. The summed E-state index contributed by atoms with van der Waals surface area (Å²) < 4.78 is 0. The van der Waals surface area contributed by atoms with Crippen LogP contribution < -0.4 is 10.6 Å². The Morgan fingerprint density at radius 2 is 1.75 bits per heavy atom. The first-order chi connectivity index (χ1) is 15.3. The summed E-state index contributed by atoms with van der Waals surface area (Å²) in [4.78, 5) is 39.7. The van der Waals surface area contributed by atoms with Gasteiger partial charge in [-0.2, -0.15) is 0 Å². The van der Waals surface area contributed by atoms with Crippen molar-refractivity contribution in [2.75, 3.05) is 10.6 Å². The number of rotatable bonds is 5. The van der Waals surface area contributed by atoms with Crippen molar-refractivity contribution in [3.8, 4) is 0 Å². The highest BCUT2D eigenvalue weighted by Crippen LogP contribution is 2.32. The number of anilines is 2. The number of nitrogens with zero attached hydrogens (tertiary/aromatic N) is 1. The lowest BCUT2D eigenvalue weighted by Gasteiger charge is -2.29. The van der Waals surface area contributed by atoms with E-state index in [9.17, 15) is 14.4 Å². The minimum absolute atomic E-state index is 0.0467. The van der Waals surface area contributed by atoms with Crippen LogP contribution in [0.25, 0.3) is 0 Å². The maximum Gasteiger partial charge on any atom is 0.279 e. The fourth-order valence-corrected chi connectivity index (χ4v) is 4.50. The van der Waals surface area contributed by atoms with E-state index in [1.54, 1.807) is 36.4 Å². The Labute approximate surface area is 196 Å². The molecule has 32 heavy (non-hydrogen) atoms. The predicted octanol–water partition coefficient (Wildman–Crippen LogP) is 5.46. The van der Waals surface area contributed by atoms with Gasteiger partial charge in [-0.15, -0.1) is 0 Å². The number of aryl methyl sites for hydroxylation is 1. The zero-order chi connectivity index (χ0) is 22.8. The van der Waals surface area contributed by atoms with Crippen molar-refractivity contribution in [1.29, 1.82) is 0 Å². The lowest BCUT2D eigenvalue weighted by molar-refractivity contribution is -0.140. The first kappa shape index (κ1) is 22.4. The van der Waals surface area contributed by atoms with E-state index in [1.165, 1.54) is 4.90 Å². The highest BCUT2D eigenvalue weighted by Gasteiger charge is 2.42. The largest absolute Gasteiger partial charge is 0.350 e. The third-order valence-corrected chi connectivity index (χ3v) is 6.43. The molecule has 0 bridgehead atoms. The molecule has 4 rings (SSSR count). The molecule has 8 heteroatoms. The maximum absolute atomic E-state index is 13.0. The molecule has 2 N–H and O–H groups in total. The molecule has 0 aromatic heterocycles. The molecule has 1 fully saturated rings. The number of nitrogens with one attached hydrogen (secondary N) is 2. The average Bonchev–Trinajstić information content (AvgIpc) is 3.00. The lowest BCUT2D eigenvalue weighted by atomic mass is 9.94. The molecule has 0 radical (unpaired) electrons. The zero-order valence-electron chi connectivity index (χ0n) is 17.6. The van der Waals surface area contributed by atoms with Crippen molar-refractivity contribution in [3.05, 3.63) is 69.3 Å². The first-order valence-corrected chi connectivity index (χ1v) is 11.3. The monoisotopic (exact) mass is 471 g/mol. The molecule has 1 saturated carbocycles. The van der Waals surface area contributed by atoms with Gasteiger partial charge >= 0.3 is 0 Å². The van der Waals surface area contributed by atoms with Crippen molar-refractivity contribution < 1.29 is 14.4 Å². The third kappa shape index (κ3) is 4.52. The SMILES string of the molecule is Cc1ccc(Cl)cc1NC(=O)c1cccc(NC2=C(Cl)C(=O)N(C3CCCCC3)C2=O)c1. The Morgan fingerprint density at radius 1 is 1.00 bits per heavy atom. The van der Waals surface area contributed by atoms with E-state index >= 15 is 0 Å². The summed E-state index contributed by atoms with van der Waals surface area (Å²) in [6.45, 7) is 1.87. The van der Waals surface area contributed by atoms with Gasteiger partial charge in [-0.1, -0.05) is 54.6 Å². The Balaban J connectivity index is 1.51. The van der Waals surface area contributed by atoms with E-state index in [0.29, 0.717) is 22.0 Å². The van der Waals surface area contributed by atoms with Crippen LogP contribution in [0, 0.1) is 6.92 Å². The Kier molecular flexibility index (Phi) is 6.53. The first-order valence-electron chi connectivity index (χ1n) is 10.6. The van der Waals surface area contributed by atoms with E-state index in [0.717, 1.165) is 37.7 Å². The summed E-state index contributed by atoms with van der Waals surface area (Å²) in [7, 11) is 0. The summed E-state index contributed by atoms with van der Waals surface area (Å²) >= 11 is 12.3. The normalized spacial score (nSPS) is 17.2. The van der Waals surface area contributed by atoms with Crippen LogP contribution in [0.4, 0.5) is 11.4 Å². The van der Waals surface area contributed by atoms with E-state index < -0.39 is 11.8 Å². The van der Waals surface area contributed by atoms with Crippen molar-refractivity contribution in [3.63, 3.8) is 0 Å². The summed E-state index contributed by atoms with van der Waals surface area (Å²) in [6, 6.07) is 11.8. The van der Waals surface area contributed by atoms with E-state index in [1.807, 2.05) is 13.0 Å². The molecular weight excluding hydrogens is 449 g/mol. The van der Waals surface area contributed by atoms with Gasteiger partial charge in [0.25, 0.3) is 17.7 Å².